The molecule has 3 nitrogen and oxygen atoms in total. The fraction of sp³-hybridized carbons (Fsp3) is 0.250. The number of nitrogens with zero attached hydrogens (tertiary/aromatic N) is 3. The summed E-state index contributed by atoms with van der Waals surface area (Å²) in [6.07, 6.45) is 6.75. The number of aromatic nitrogens is 2. The van der Waals surface area contributed by atoms with E-state index >= 15 is 0 Å². The van der Waals surface area contributed by atoms with E-state index in [2.05, 4.69) is 34.6 Å². The smallest absolute Gasteiger partial charge is 0.123 e. The molecule has 0 bridgehead atoms. The molecule has 0 saturated carbocycles. The van der Waals surface area contributed by atoms with Gasteiger partial charge in [-0.05, 0) is 61.0 Å². The van der Waals surface area contributed by atoms with Gasteiger partial charge in [-0.1, -0.05) is 0 Å². The first-order chi connectivity index (χ1) is 11.6. The number of benzene rings is 1. The van der Waals surface area contributed by atoms with Crippen LogP contribution < -0.4 is 0 Å². The Morgan fingerprint density at radius 3 is 2.79 bits per heavy atom. The number of halogens is 1. The first-order valence-electron chi connectivity index (χ1n) is 8.22. The van der Waals surface area contributed by atoms with Crippen LogP contribution in [-0.2, 0) is 13.0 Å². The van der Waals surface area contributed by atoms with Crippen LogP contribution in [0.15, 0.2) is 42.7 Å². The van der Waals surface area contributed by atoms with Gasteiger partial charge in [0.2, 0.25) is 0 Å². The minimum absolute atomic E-state index is 0.175. The quantitative estimate of drug-likeness (QED) is 0.706. The lowest BCUT2D eigenvalue weighted by atomic mass is 10.0. The molecule has 0 saturated heterocycles. The van der Waals surface area contributed by atoms with Crippen molar-refractivity contribution in [2.45, 2.75) is 19.9 Å². The maximum Gasteiger partial charge on any atom is 0.123 e. The van der Waals surface area contributed by atoms with Crippen LogP contribution >= 0.6 is 0 Å². The Morgan fingerprint density at radius 1 is 1.21 bits per heavy atom. The maximum atomic E-state index is 13.8. The molecular weight excluding hydrogens is 301 g/mol. The van der Waals surface area contributed by atoms with Crippen LogP contribution in [0.3, 0.4) is 0 Å². The van der Waals surface area contributed by atoms with E-state index in [0.29, 0.717) is 0 Å². The minimum Gasteiger partial charge on any atom is -0.320 e. The molecule has 122 valence electrons. The van der Waals surface area contributed by atoms with Crippen LogP contribution in [0.1, 0.15) is 23.7 Å². The Hall–Kier alpha value is -2.46. The van der Waals surface area contributed by atoms with E-state index in [1.165, 1.54) is 16.8 Å². The van der Waals surface area contributed by atoms with Crippen molar-refractivity contribution in [2.75, 3.05) is 13.6 Å². The topological polar surface area (TPSA) is 21.1 Å². The number of allylic oxidation sites excluding steroid dienone is 1. The molecule has 0 atom stereocenters. The molecule has 0 spiro atoms. The Balaban J connectivity index is 1.92. The Morgan fingerprint density at radius 2 is 2.00 bits per heavy atom. The van der Waals surface area contributed by atoms with Crippen LogP contribution in [0.4, 0.5) is 4.39 Å². The summed E-state index contributed by atoms with van der Waals surface area (Å²) in [5.41, 5.74) is 5.93. The van der Waals surface area contributed by atoms with Gasteiger partial charge in [0.15, 0.2) is 0 Å². The third-order valence-corrected chi connectivity index (χ3v) is 4.80. The third kappa shape index (κ3) is 2.53. The summed E-state index contributed by atoms with van der Waals surface area (Å²) in [5.74, 6) is -0.175. The molecule has 0 radical (unpaired) electrons. The number of likely N-dealkylation sites (N-methyl/N-ethyl adjacent to an activating group) is 1. The zero-order valence-electron chi connectivity index (χ0n) is 14.0. The number of hydrogen-bond acceptors (Lipinski definition) is 2. The van der Waals surface area contributed by atoms with Crippen molar-refractivity contribution < 1.29 is 4.39 Å². The molecule has 0 fully saturated rings. The van der Waals surface area contributed by atoms with Crippen LogP contribution in [0.25, 0.3) is 22.7 Å². The highest BCUT2D eigenvalue weighted by Gasteiger charge is 2.22. The standard InChI is InChI=1S/C20H20FN3/c1-14(15-5-8-22-9-6-15)12-24-19-4-3-16(21)11-17(19)18-13-23(2)10-7-20(18)24/h3-6,8-9,11-12H,7,10,13H2,1-2H3/b14-12-. The van der Waals surface area contributed by atoms with Gasteiger partial charge in [-0.2, -0.15) is 0 Å². The van der Waals surface area contributed by atoms with Crippen LogP contribution in [0.5, 0.6) is 0 Å². The Labute approximate surface area is 141 Å². The Kier molecular flexibility index (Phi) is 3.69. The molecule has 0 amide bonds. The predicted molar refractivity (Wildman–Crippen MR) is 96.0 cm³/mol. The van der Waals surface area contributed by atoms with Gasteiger partial charge < -0.3 is 9.47 Å². The third-order valence-electron chi connectivity index (χ3n) is 4.80. The van der Waals surface area contributed by atoms with Crippen molar-refractivity contribution in [1.29, 1.82) is 0 Å². The van der Waals surface area contributed by atoms with Gasteiger partial charge in [-0.3, -0.25) is 4.98 Å². The average molecular weight is 321 g/mol. The lowest BCUT2D eigenvalue weighted by molar-refractivity contribution is 0.312. The molecule has 4 rings (SSSR count). The fourth-order valence-corrected chi connectivity index (χ4v) is 3.53. The lowest BCUT2D eigenvalue weighted by Gasteiger charge is -2.23. The summed E-state index contributed by atoms with van der Waals surface area (Å²) >= 11 is 0. The first kappa shape index (κ1) is 15.1. The highest BCUT2D eigenvalue weighted by Crippen LogP contribution is 2.32. The molecule has 0 unspecified atom stereocenters. The zero-order valence-corrected chi connectivity index (χ0v) is 14.0. The number of pyridine rings is 1. The van der Waals surface area contributed by atoms with E-state index in [0.717, 1.165) is 36.0 Å². The van der Waals surface area contributed by atoms with Crippen molar-refractivity contribution >= 4 is 22.7 Å². The van der Waals surface area contributed by atoms with Gasteiger partial charge in [0, 0.05) is 49.2 Å². The Bertz CT molecular complexity index is 925. The summed E-state index contributed by atoms with van der Waals surface area (Å²) in [7, 11) is 2.11. The number of hydrogen-bond donors (Lipinski definition) is 0. The van der Waals surface area contributed by atoms with Gasteiger partial charge in [0.25, 0.3) is 0 Å². The molecule has 1 aliphatic rings. The van der Waals surface area contributed by atoms with Gasteiger partial charge in [-0.25, -0.2) is 4.39 Å². The number of rotatable bonds is 2. The van der Waals surface area contributed by atoms with Crippen molar-refractivity contribution in [1.82, 2.24) is 14.5 Å². The zero-order chi connectivity index (χ0) is 16.7. The van der Waals surface area contributed by atoms with E-state index in [9.17, 15) is 4.39 Å². The summed E-state index contributed by atoms with van der Waals surface area (Å²) in [6, 6.07) is 9.12. The van der Waals surface area contributed by atoms with Crippen molar-refractivity contribution in [3.63, 3.8) is 0 Å². The molecule has 1 aliphatic heterocycles. The minimum atomic E-state index is -0.175. The lowest BCUT2D eigenvalue weighted by Crippen LogP contribution is -2.26. The number of fused-ring (bicyclic) bond motifs is 3. The molecule has 2 aromatic heterocycles. The summed E-state index contributed by atoms with van der Waals surface area (Å²) < 4.78 is 16.0. The van der Waals surface area contributed by atoms with E-state index in [-0.39, 0.29) is 5.82 Å². The molecule has 24 heavy (non-hydrogen) atoms. The summed E-state index contributed by atoms with van der Waals surface area (Å²) in [5, 5.41) is 1.02. The van der Waals surface area contributed by atoms with Crippen molar-refractivity contribution in [3.8, 4) is 0 Å². The van der Waals surface area contributed by atoms with Crippen LogP contribution in [-0.4, -0.2) is 28.0 Å². The van der Waals surface area contributed by atoms with Gasteiger partial charge in [-0.15, -0.1) is 0 Å². The largest absolute Gasteiger partial charge is 0.320 e. The van der Waals surface area contributed by atoms with Crippen LogP contribution in [0, 0.1) is 5.82 Å². The summed E-state index contributed by atoms with van der Waals surface area (Å²) in [4.78, 5) is 6.37. The van der Waals surface area contributed by atoms with Gasteiger partial charge in [0.05, 0.1) is 5.52 Å². The maximum absolute atomic E-state index is 13.8. The first-order valence-corrected chi connectivity index (χ1v) is 8.22. The molecule has 4 heteroatoms. The fourth-order valence-electron chi connectivity index (χ4n) is 3.53. The van der Waals surface area contributed by atoms with E-state index in [1.54, 1.807) is 24.5 Å². The second-order valence-electron chi connectivity index (χ2n) is 6.49. The molecule has 1 aromatic carbocycles. The molecule has 0 N–H and O–H groups in total. The van der Waals surface area contributed by atoms with E-state index in [4.69, 9.17) is 0 Å². The van der Waals surface area contributed by atoms with E-state index < -0.39 is 0 Å². The molecular formula is C20H20FN3. The highest BCUT2D eigenvalue weighted by molar-refractivity contribution is 5.90. The van der Waals surface area contributed by atoms with Crippen molar-refractivity contribution in [2.24, 2.45) is 0 Å². The van der Waals surface area contributed by atoms with Gasteiger partial charge in [0.1, 0.15) is 5.82 Å². The average Bonchev–Trinajstić information content (AvgIpc) is 2.88. The predicted octanol–water partition coefficient (Wildman–Crippen LogP) is 4.18. The SMILES string of the molecule is C/C(=C/n1c2c(c3cc(F)ccc31)CN(C)CC2)c1ccncc1. The molecule has 3 aromatic rings. The second kappa shape index (κ2) is 5.87. The highest BCUT2D eigenvalue weighted by atomic mass is 19.1. The molecule has 3 heterocycles. The monoisotopic (exact) mass is 321 g/mol. The van der Waals surface area contributed by atoms with Crippen LogP contribution in [0.2, 0.25) is 0 Å². The van der Waals surface area contributed by atoms with Crippen molar-refractivity contribution in [3.05, 3.63) is 65.4 Å². The summed E-state index contributed by atoms with van der Waals surface area (Å²) in [6.45, 7) is 3.99. The normalized spacial score (nSPS) is 15.7. The van der Waals surface area contributed by atoms with E-state index in [1.807, 2.05) is 18.2 Å². The second-order valence-corrected chi connectivity index (χ2v) is 6.49. The molecule has 0 aliphatic carbocycles. The van der Waals surface area contributed by atoms with Gasteiger partial charge >= 0.3 is 0 Å².